The Kier molecular flexibility index (Phi) is 5.79. The zero-order valence-electron chi connectivity index (χ0n) is 10.5. The zero-order valence-corrected chi connectivity index (χ0v) is 10.5. The number of hydrogen-bond donors (Lipinski definition) is 8. The first-order valence-electron chi connectivity index (χ1n) is 5.89. The summed E-state index contributed by atoms with van der Waals surface area (Å²) in [6, 6.07) is -1.14. The van der Waals surface area contributed by atoms with E-state index in [-0.39, 0.29) is 0 Å². The first-order valence-corrected chi connectivity index (χ1v) is 5.89. The van der Waals surface area contributed by atoms with Crippen LogP contribution in [0.15, 0.2) is 0 Å². The summed E-state index contributed by atoms with van der Waals surface area (Å²) >= 11 is 0. The Morgan fingerprint density at radius 1 is 1.40 bits per heavy atom. The third-order valence-electron chi connectivity index (χ3n) is 3.16. The minimum atomic E-state index is -2.74. The molecule has 0 aromatic rings. The molecule has 0 aliphatic carbocycles. The highest BCUT2D eigenvalue weighted by Gasteiger charge is 2.53. The maximum Gasteiger partial charge on any atom is 0.364 e. The average Bonchev–Trinajstić information content (AvgIpc) is 2.39. The van der Waals surface area contributed by atoms with E-state index in [9.17, 15) is 25.2 Å². The predicted molar refractivity (Wildman–Crippen MR) is 61.2 cm³/mol. The molecule has 0 aromatic heterocycles. The summed E-state index contributed by atoms with van der Waals surface area (Å²) in [6.45, 7) is -1.45. The van der Waals surface area contributed by atoms with Gasteiger partial charge in [0.1, 0.15) is 18.3 Å². The summed E-state index contributed by atoms with van der Waals surface area (Å²) in [5, 5.41) is 67.6. The van der Waals surface area contributed by atoms with Crippen LogP contribution in [-0.2, 0) is 9.53 Å². The molecule has 1 unspecified atom stereocenters. The van der Waals surface area contributed by atoms with Gasteiger partial charge in [0.05, 0.1) is 25.5 Å². The third kappa shape index (κ3) is 3.42. The van der Waals surface area contributed by atoms with Crippen LogP contribution >= 0.6 is 0 Å². The van der Waals surface area contributed by atoms with E-state index in [0.29, 0.717) is 0 Å². The van der Waals surface area contributed by atoms with Crippen LogP contribution in [0.3, 0.4) is 0 Å². The molecule has 20 heavy (non-hydrogen) atoms. The lowest BCUT2D eigenvalue weighted by Crippen LogP contribution is -2.66. The highest BCUT2D eigenvalue weighted by Crippen LogP contribution is 2.30. The van der Waals surface area contributed by atoms with E-state index in [1.807, 2.05) is 0 Å². The summed E-state index contributed by atoms with van der Waals surface area (Å²) in [4.78, 5) is 10.9. The van der Waals surface area contributed by atoms with Crippen molar-refractivity contribution in [3.05, 3.63) is 0 Å². The van der Waals surface area contributed by atoms with Crippen molar-refractivity contribution in [3.63, 3.8) is 0 Å². The number of rotatable bonds is 6. The maximum atomic E-state index is 10.9. The number of ether oxygens (including phenoxy) is 1. The first kappa shape index (κ1) is 17.2. The van der Waals surface area contributed by atoms with Gasteiger partial charge in [-0.15, -0.1) is 0 Å². The molecule has 1 fully saturated rings. The molecule has 0 saturated carbocycles. The Morgan fingerprint density at radius 2 is 2.00 bits per heavy atom. The Bertz CT molecular complexity index is 341. The van der Waals surface area contributed by atoms with Crippen LogP contribution in [0.5, 0.6) is 0 Å². The van der Waals surface area contributed by atoms with Crippen molar-refractivity contribution in [1.82, 2.24) is 5.32 Å². The van der Waals surface area contributed by atoms with Gasteiger partial charge in [0.2, 0.25) is 0 Å². The van der Waals surface area contributed by atoms with Crippen molar-refractivity contribution in [3.8, 4) is 0 Å². The molecule has 0 radical (unpaired) electrons. The Balaban J connectivity index is 3.00. The molecule has 10 nitrogen and oxygen atoms in total. The number of nitrogens with one attached hydrogen (secondary N) is 1. The van der Waals surface area contributed by atoms with Gasteiger partial charge in [-0.3, -0.25) is 5.32 Å². The molecule has 10 heteroatoms. The lowest BCUT2D eigenvalue weighted by atomic mass is 9.89. The normalized spacial score (nSPS) is 37.4. The summed E-state index contributed by atoms with van der Waals surface area (Å²) in [5.41, 5.74) is 0. The predicted octanol–water partition coefficient (Wildman–Crippen LogP) is -4.47. The highest BCUT2D eigenvalue weighted by molar-refractivity contribution is 5.75. The van der Waals surface area contributed by atoms with Crippen LogP contribution < -0.4 is 5.32 Å². The number of aliphatic hydroxyl groups is 6. The number of hydrogen-bond acceptors (Lipinski definition) is 9. The van der Waals surface area contributed by atoms with E-state index < -0.39 is 62.0 Å². The van der Waals surface area contributed by atoms with Crippen LogP contribution in [0.2, 0.25) is 0 Å². The van der Waals surface area contributed by atoms with Gasteiger partial charge in [0, 0.05) is 6.42 Å². The van der Waals surface area contributed by atoms with Gasteiger partial charge in [0.25, 0.3) is 5.79 Å². The Labute approximate surface area is 113 Å². The van der Waals surface area contributed by atoms with E-state index in [0.717, 1.165) is 0 Å². The fourth-order valence-electron chi connectivity index (χ4n) is 2.08. The quantitative estimate of drug-likeness (QED) is 0.223. The number of carboxylic acids is 1. The second-order valence-electron chi connectivity index (χ2n) is 4.57. The fourth-order valence-corrected chi connectivity index (χ4v) is 2.08. The molecule has 1 rings (SSSR count). The van der Waals surface area contributed by atoms with Crippen LogP contribution in [0.1, 0.15) is 6.42 Å². The summed E-state index contributed by atoms with van der Waals surface area (Å²) in [6.07, 6.45) is -7.19. The molecule has 0 amide bonds. The van der Waals surface area contributed by atoms with Crippen LogP contribution in [0.25, 0.3) is 0 Å². The van der Waals surface area contributed by atoms with E-state index in [1.165, 1.54) is 0 Å². The van der Waals surface area contributed by atoms with Gasteiger partial charge >= 0.3 is 5.97 Å². The molecule has 0 spiro atoms. The minimum absolute atomic E-state index is 0.616. The number of aliphatic carboxylic acids is 1. The van der Waals surface area contributed by atoms with Crippen molar-refractivity contribution < 1.29 is 45.3 Å². The smallest absolute Gasteiger partial charge is 0.364 e. The molecule has 1 heterocycles. The lowest BCUT2D eigenvalue weighted by Gasteiger charge is -2.44. The molecule has 1 aliphatic rings. The first-order chi connectivity index (χ1) is 9.26. The summed E-state index contributed by atoms with van der Waals surface area (Å²) < 4.78 is 4.86. The number of carboxylic acid groups (broad SMARTS) is 1. The van der Waals surface area contributed by atoms with Gasteiger partial charge in [-0.05, 0) is 0 Å². The van der Waals surface area contributed by atoms with Gasteiger partial charge in [0.15, 0.2) is 0 Å². The van der Waals surface area contributed by atoms with Gasteiger partial charge in [-0.25, -0.2) is 4.79 Å². The monoisotopic (exact) mass is 297 g/mol. The molecule has 0 aromatic carbocycles. The van der Waals surface area contributed by atoms with E-state index in [4.69, 9.17) is 20.1 Å². The van der Waals surface area contributed by atoms with Crippen LogP contribution in [-0.4, -0.2) is 91.3 Å². The van der Waals surface area contributed by atoms with E-state index in [1.54, 1.807) is 0 Å². The van der Waals surface area contributed by atoms with Crippen LogP contribution in [0.4, 0.5) is 0 Å². The summed E-state index contributed by atoms with van der Waals surface area (Å²) in [7, 11) is 0. The number of aliphatic hydroxyl groups excluding tert-OH is 5. The van der Waals surface area contributed by atoms with Crippen LogP contribution in [0, 0.1) is 0 Å². The second kappa shape index (κ2) is 6.74. The second-order valence-corrected chi connectivity index (χ2v) is 4.57. The Hall–Kier alpha value is -0.850. The van der Waals surface area contributed by atoms with E-state index in [2.05, 4.69) is 5.32 Å². The average molecular weight is 297 g/mol. The topological polar surface area (TPSA) is 180 Å². The molecule has 118 valence electrons. The van der Waals surface area contributed by atoms with Gasteiger partial charge < -0.3 is 40.5 Å². The van der Waals surface area contributed by atoms with Crippen molar-refractivity contribution in [2.45, 2.75) is 42.7 Å². The van der Waals surface area contributed by atoms with Crippen molar-refractivity contribution in [2.24, 2.45) is 0 Å². The number of carbonyl (C=O) groups is 1. The van der Waals surface area contributed by atoms with E-state index >= 15 is 0 Å². The third-order valence-corrected chi connectivity index (χ3v) is 3.16. The van der Waals surface area contributed by atoms with Gasteiger partial charge in [-0.1, -0.05) is 0 Å². The van der Waals surface area contributed by atoms with Crippen molar-refractivity contribution in [1.29, 1.82) is 0 Å². The standard InChI is InChI=1S/C10H19NO9/c12-2-5(15)7(16)8-6(11-3-13)4(14)1-10(19,20-8)9(17)18/h4-8,11-16,19H,1-3H2,(H,17,18)/t4-,5+,6+,7+,8+,10?/m0/s1. The lowest BCUT2D eigenvalue weighted by molar-refractivity contribution is -0.296. The molecular formula is C10H19NO9. The minimum Gasteiger partial charge on any atom is -0.477 e. The molecule has 1 saturated heterocycles. The maximum absolute atomic E-state index is 10.9. The van der Waals surface area contributed by atoms with Crippen molar-refractivity contribution in [2.75, 3.05) is 13.3 Å². The molecule has 0 bridgehead atoms. The molecule has 8 N–H and O–H groups in total. The molecule has 1 aliphatic heterocycles. The highest BCUT2D eigenvalue weighted by atomic mass is 16.7. The SMILES string of the molecule is O=C(O)C1(O)C[C@H](O)[C@@H](NCO)[C@H]([C@H](O)[C@H](O)CO)O1. The van der Waals surface area contributed by atoms with Crippen molar-refractivity contribution >= 4 is 5.97 Å². The molecular weight excluding hydrogens is 278 g/mol. The zero-order chi connectivity index (χ0) is 15.5. The van der Waals surface area contributed by atoms with Gasteiger partial charge in [-0.2, -0.15) is 0 Å². The largest absolute Gasteiger partial charge is 0.477 e. The summed E-state index contributed by atoms with van der Waals surface area (Å²) in [5.74, 6) is -4.51. The fraction of sp³-hybridized carbons (Fsp3) is 0.900. The molecule has 6 atom stereocenters. The Morgan fingerprint density at radius 3 is 2.45 bits per heavy atom.